The Kier molecular flexibility index (Phi) is 6.61. The van der Waals surface area contributed by atoms with Crippen molar-refractivity contribution in [1.82, 2.24) is 14.7 Å². The van der Waals surface area contributed by atoms with Crippen LogP contribution in [0, 0.1) is 0 Å². The standard InChI is InChI=1S/C29H31N3O4S/c1-20-18-31(14-15-32(20)29(34)22-7-8-24-25(17-22)36-19-35-24)27(33)10-13-30-12-9-26-23(11-16-37-26)28(30)21-5-3-2-4-6-21/h2-8,11,16-17,20,28H,9-10,12-15,18-19H2,1H3/t20-,28-/m1/s1. The molecular weight excluding hydrogens is 486 g/mol. The summed E-state index contributed by atoms with van der Waals surface area (Å²) in [5.41, 5.74) is 3.23. The predicted molar refractivity (Wildman–Crippen MR) is 142 cm³/mol. The van der Waals surface area contributed by atoms with Crippen molar-refractivity contribution in [2.24, 2.45) is 0 Å². The number of carbonyl (C=O) groups excluding carboxylic acids is 2. The third-order valence-corrected chi connectivity index (χ3v) is 8.65. The van der Waals surface area contributed by atoms with Gasteiger partial charge in [-0.2, -0.15) is 0 Å². The number of carbonyl (C=O) groups is 2. The van der Waals surface area contributed by atoms with Crippen LogP contribution in [0.2, 0.25) is 0 Å². The van der Waals surface area contributed by atoms with Gasteiger partial charge in [-0.05, 0) is 54.1 Å². The molecule has 0 N–H and O–H groups in total. The van der Waals surface area contributed by atoms with E-state index in [9.17, 15) is 9.59 Å². The molecule has 0 radical (unpaired) electrons. The molecule has 7 nitrogen and oxygen atoms in total. The monoisotopic (exact) mass is 517 g/mol. The van der Waals surface area contributed by atoms with Gasteiger partial charge in [-0.1, -0.05) is 30.3 Å². The SMILES string of the molecule is C[C@@H]1CN(C(=O)CCN2CCc3sccc3[C@H]2c2ccccc2)CCN1C(=O)c1ccc2c(c1)OCO2. The zero-order chi connectivity index (χ0) is 25.4. The van der Waals surface area contributed by atoms with E-state index in [0.717, 1.165) is 19.5 Å². The number of piperazine rings is 1. The lowest BCUT2D eigenvalue weighted by Crippen LogP contribution is -2.55. The van der Waals surface area contributed by atoms with E-state index < -0.39 is 0 Å². The Balaban J connectivity index is 1.08. The Bertz CT molecular complexity index is 1290. The molecule has 0 spiro atoms. The smallest absolute Gasteiger partial charge is 0.254 e. The van der Waals surface area contributed by atoms with E-state index in [0.29, 0.717) is 43.1 Å². The van der Waals surface area contributed by atoms with Gasteiger partial charge >= 0.3 is 0 Å². The minimum atomic E-state index is -0.0592. The number of nitrogens with zero attached hydrogens (tertiary/aromatic N) is 3. The molecule has 3 aromatic rings. The summed E-state index contributed by atoms with van der Waals surface area (Å²) in [6.07, 6.45) is 1.51. The van der Waals surface area contributed by atoms with Crippen molar-refractivity contribution in [1.29, 1.82) is 0 Å². The summed E-state index contributed by atoms with van der Waals surface area (Å²) in [5.74, 6) is 1.39. The molecule has 3 aliphatic heterocycles. The second-order valence-electron chi connectivity index (χ2n) is 9.90. The van der Waals surface area contributed by atoms with Gasteiger partial charge in [-0.25, -0.2) is 0 Å². The molecule has 1 saturated heterocycles. The zero-order valence-electron chi connectivity index (χ0n) is 21.0. The lowest BCUT2D eigenvalue weighted by Gasteiger charge is -2.41. The molecule has 8 heteroatoms. The van der Waals surface area contributed by atoms with Crippen LogP contribution in [0.15, 0.2) is 60.0 Å². The Morgan fingerprint density at radius 1 is 1.00 bits per heavy atom. The van der Waals surface area contributed by atoms with Crippen molar-refractivity contribution in [3.05, 3.63) is 81.5 Å². The summed E-state index contributed by atoms with van der Waals surface area (Å²) in [5, 5.41) is 2.18. The molecule has 0 aliphatic carbocycles. The number of amides is 2. The highest BCUT2D eigenvalue weighted by Gasteiger charge is 2.33. The third-order valence-electron chi connectivity index (χ3n) is 7.65. The van der Waals surface area contributed by atoms with Gasteiger partial charge in [0.25, 0.3) is 5.91 Å². The number of thiophene rings is 1. The Labute approximate surface area is 221 Å². The van der Waals surface area contributed by atoms with E-state index in [2.05, 4.69) is 40.6 Å². The van der Waals surface area contributed by atoms with Gasteiger partial charge in [0, 0.05) is 55.6 Å². The van der Waals surface area contributed by atoms with E-state index >= 15 is 0 Å². The van der Waals surface area contributed by atoms with Crippen molar-refractivity contribution >= 4 is 23.2 Å². The minimum Gasteiger partial charge on any atom is -0.454 e. The molecular formula is C29H31N3O4S. The van der Waals surface area contributed by atoms with E-state index in [1.54, 1.807) is 18.2 Å². The van der Waals surface area contributed by atoms with Crippen LogP contribution >= 0.6 is 11.3 Å². The highest BCUT2D eigenvalue weighted by atomic mass is 32.1. The van der Waals surface area contributed by atoms with Crippen molar-refractivity contribution in [3.8, 4) is 11.5 Å². The Morgan fingerprint density at radius 2 is 1.84 bits per heavy atom. The van der Waals surface area contributed by atoms with Crippen molar-refractivity contribution in [2.75, 3.05) is 39.5 Å². The molecule has 4 heterocycles. The first-order valence-electron chi connectivity index (χ1n) is 12.9. The van der Waals surface area contributed by atoms with Crippen LogP contribution in [0.5, 0.6) is 11.5 Å². The van der Waals surface area contributed by atoms with Gasteiger partial charge in [0.2, 0.25) is 12.7 Å². The van der Waals surface area contributed by atoms with Gasteiger partial charge in [-0.15, -0.1) is 11.3 Å². The molecule has 0 unspecified atom stereocenters. The molecule has 2 aromatic carbocycles. The van der Waals surface area contributed by atoms with Crippen LogP contribution in [-0.4, -0.2) is 72.1 Å². The summed E-state index contributed by atoms with van der Waals surface area (Å²) in [6, 6.07) is 18.3. The summed E-state index contributed by atoms with van der Waals surface area (Å²) in [7, 11) is 0. The zero-order valence-corrected chi connectivity index (χ0v) is 21.8. The van der Waals surface area contributed by atoms with Crippen LogP contribution < -0.4 is 9.47 Å². The number of fused-ring (bicyclic) bond motifs is 2. The maximum Gasteiger partial charge on any atom is 0.254 e. The predicted octanol–water partition coefficient (Wildman–Crippen LogP) is 4.19. The maximum atomic E-state index is 13.3. The van der Waals surface area contributed by atoms with Gasteiger partial charge in [0.15, 0.2) is 11.5 Å². The summed E-state index contributed by atoms with van der Waals surface area (Å²) >= 11 is 1.83. The quantitative estimate of drug-likeness (QED) is 0.508. The molecule has 2 atom stereocenters. The fraction of sp³-hybridized carbons (Fsp3) is 0.379. The number of rotatable bonds is 5. The molecule has 6 rings (SSSR count). The Hall–Kier alpha value is -3.36. The van der Waals surface area contributed by atoms with E-state index in [1.165, 1.54) is 16.0 Å². The first-order chi connectivity index (χ1) is 18.1. The third kappa shape index (κ3) is 4.71. The van der Waals surface area contributed by atoms with Crippen LogP contribution in [0.3, 0.4) is 0 Å². The molecule has 0 saturated carbocycles. The molecule has 3 aliphatic rings. The molecule has 192 valence electrons. The molecule has 0 bridgehead atoms. The first kappa shape index (κ1) is 24.0. The highest BCUT2D eigenvalue weighted by molar-refractivity contribution is 7.10. The molecule has 2 amide bonds. The molecule has 1 aromatic heterocycles. The van der Waals surface area contributed by atoms with Gasteiger partial charge in [0.1, 0.15) is 0 Å². The topological polar surface area (TPSA) is 62.3 Å². The number of hydrogen-bond acceptors (Lipinski definition) is 6. The lowest BCUT2D eigenvalue weighted by atomic mass is 9.93. The van der Waals surface area contributed by atoms with Crippen LogP contribution in [-0.2, 0) is 11.2 Å². The van der Waals surface area contributed by atoms with E-state index in [1.807, 2.05) is 34.1 Å². The average molecular weight is 518 g/mol. The summed E-state index contributed by atoms with van der Waals surface area (Å²) in [4.78, 5) is 34.1. The number of benzene rings is 2. The van der Waals surface area contributed by atoms with Gasteiger partial charge in [-0.3, -0.25) is 14.5 Å². The normalized spacial score (nSPS) is 21.1. The second kappa shape index (κ2) is 10.2. The largest absolute Gasteiger partial charge is 0.454 e. The summed E-state index contributed by atoms with van der Waals surface area (Å²) < 4.78 is 10.8. The lowest BCUT2D eigenvalue weighted by molar-refractivity contribution is -0.134. The molecule has 1 fully saturated rings. The van der Waals surface area contributed by atoms with E-state index in [4.69, 9.17) is 9.47 Å². The van der Waals surface area contributed by atoms with Crippen molar-refractivity contribution in [2.45, 2.75) is 31.8 Å². The summed E-state index contributed by atoms with van der Waals surface area (Å²) in [6.45, 7) is 5.49. The molecule has 37 heavy (non-hydrogen) atoms. The van der Waals surface area contributed by atoms with Gasteiger partial charge in [0.05, 0.1) is 6.04 Å². The fourth-order valence-electron chi connectivity index (χ4n) is 5.71. The average Bonchev–Trinajstić information content (AvgIpc) is 3.60. The minimum absolute atomic E-state index is 0.0384. The number of ether oxygens (including phenoxy) is 2. The Morgan fingerprint density at radius 3 is 2.68 bits per heavy atom. The van der Waals surface area contributed by atoms with Crippen LogP contribution in [0.1, 0.15) is 45.7 Å². The van der Waals surface area contributed by atoms with Crippen LogP contribution in [0.4, 0.5) is 0 Å². The first-order valence-corrected chi connectivity index (χ1v) is 13.8. The maximum absolute atomic E-state index is 13.3. The van der Waals surface area contributed by atoms with E-state index in [-0.39, 0.29) is 30.7 Å². The van der Waals surface area contributed by atoms with Crippen molar-refractivity contribution in [3.63, 3.8) is 0 Å². The second-order valence-corrected chi connectivity index (χ2v) is 10.9. The highest BCUT2D eigenvalue weighted by Crippen LogP contribution is 2.38. The van der Waals surface area contributed by atoms with Crippen molar-refractivity contribution < 1.29 is 19.1 Å². The number of hydrogen-bond donors (Lipinski definition) is 0. The van der Waals surface area contributed by atoms with Gasteiger partial charge < -0.3 is 19.3 Å². The van der Waals surface area contributed by atoms with Crippen LogP contribution in [0.25, 0.3) is 0 Å². The fourth-order valence-corrected chi connectivity index (χ4v) is 6.62.